The molecule has 0 spiro atoms. The van der Waals surface area contributed by atoms with E-state index in [0.29, 0.717) is 43.7 Å². The summed E-state index contributed by atoms with van der Waals surface area (Å²) in [5.74, 6) is -0.253. The van der Waals surface area contributed by atoms with E-state index >= 15 is 0 Å². The number of nitrogens with zero attached hydrogens (tertiary/aromatic N) is 1. The number of Topliss-reactive ketones (excluding diaryl/α,β-unsaturated/α-hetero) is 1. The summed E-state index contributed by atoms with van der Waals surface area (Å²) in [5, 5.41) is 0.0399. The Morgan fingerprint density at radius 3 is 2.48 bits per heavy atom. The molecule has 1 heterocycles. The van der Waals surface area contributed by atoms with E-state index in [1.54, 1.807) is 36.4 Å². The Balaban J connectivity index is 1.67. The van der Waals surface area contributed by atoms with Crippen molar-refractivity contribution in [3.8, 4) is 0 Å². The molecule has 1 unspecified atom stereocenters. The molecule has 1 amide bonds. The molecule has 1 aliphatic heterocycles. The molecule has 7 heteroatoms. The molecular formula is C26H34FNO4Si. The molecule has 1 fully saturated rings. The number of ether oxygens (including phenoxy) is 1. The van der Waals surface area contributed by atoms with Crippen LogP contribution in [-0.4, -0.2) is 33.3 Å². The minimum atomic E-state index is -2.06. The number of cyclic esters (lactones) is 1. The molecule has 33 heavy (non-hydrogen) atoms. The number of benzene rings is 2. The topological polar surface area (TPSA) is 55.8 Å². The van der Waals surface area contributed by atoms with Gasteiger partial charge in [-0.05, 0) is 60.8 Å². The lowest BCUT2D eigenvalue weighted by molar-refractivity contribution is 0.0970. The second kappa shape index (κ2) is 10.2. The third-order valence-electron chi connectivity index (χ3n) is 6.60. The zero-order valence-electron chi connectivity index (χ0n) is 20.2. The fourth-order valence-electron chi connectivity index (χ4n) is 3.57. The van der Waals surface area contributed by atoms with Crippen LogP contribution in [0.5, 0.6) is 0 Å². The van der Waals surface area contributed by atoms with Gasteiger partial charge in [-0.1, -0.05) is 45.0 Å². The Kier molecular flexibility index (Phi) is 7.75. The van der Waals surface area contributed by atoms with Gasteiger partial charge in [0.2, 0.25) is 0 Å². The van der Waals surface area contributed by atoms with E-state index < -0.39 is 8.32 Å². The number of rotatable bonds is 9. The molecule has 178 valence electrons. The van der Waals surface area contributed by atoms with Crippen molar-refractivity contribution in [2.75, 3.05) is 18.1 Å². The maximum atomic E-state index is 13.5. The molecule has 0 radical (unpaired) electrons. The summed E-state index contributed by atoms with van der Waals surface area (Å²) in [6.07, 6.45) is 1.11. The molecule has 5 nitrogen and oxygen atoms in total. The Labute approximate surface area is 197 Å². The van der Waals surface area contributed by atoms with Gasteiger partial charge in [0.05, 0.1) is 12.6 Å². The summed E-state index contributed by atoms with van der Waals surface area (Å²) in [5.41, 5.74) is 2.19. The summed E-state index contributed by atoms with van der Waals surface area (Å²) >= 11 is 0. The molecule has 0 aromatic heterocycles. The average Bonchev–Trinajstić information content (AvgIpc) is 3.18. The smallest absolute Gasteiger partial charge is 0.414 e. The second-order valence-corrected chi connectivity index (χ2v) is 14.8. The van der Waals surface area contributed by atoms with Crippen LogP contribution in [0, 0.1) is 5.82 Å². The van der Waals surface area contributed by atoms with Crippen molar-refractivity contribution in [2.45, 2.75) is 64.3 Å². The number of halogens is 1. The Hall–Kier alpha value is -2.51. The largest absolute Gasteiger partial charge is 0.447 e. The highest BCUT2D eigenvalue weighted by Crippen LogP contribution is 2.41. The van der Waals surface area contributed by atoms with E-state index in [9.17, 15) is 14.0 Å². The molecule has 0 N–H and O–H groups in total. The van der Waals surface area contributed by atoms with Crippen LogP contribution in [0.2, 0.25) is 18.1 Å². The maximum absolute atomic E-state index is 13.5. The van der Waals surface area contributed by atoms with Crippen LogP contribution in [0.4, 0.5) is 14.9 Å². The number of carbonyl (C=O) groups excluding carboxylic acids is 2. The summed E-state index contributed by atoms with van der Waals surface area (Å²) in [4.78, 5) is 26.2. The minimum absolute atomic E-state index is 0.0228. The summed E-state index contributed by atoms with van der Waals surface area (Å²) in [6, 6.07) is 13.6. The molecule has 2 aromatic carbocycles. The van der Waals surface area contributed by atoms with E-state index in [-0.39, 0.29) is 28.8 Å². The number of hydrogen-bond donors (Lipinski definition) is 0. The molecule has 1 saturated heterocycles. The SMILES string of the molecule is CC(C)(C)[Si](C)(C)OC(CCCC(=O)c1cccc(N2CCOC2=O)c1)c1ccc(F)cc1. The lowest BCUT2D eigenvalue weighted by Crippen LogP contribution is -2.41. The first-order valence-electron chi connectivity index (χ1n) is 11.5. The van der Waals surface area contributed by atoms with Gasteiger partial charge in [-0.25, -0.2) is 9.18 Å². The highest BCUT2D eigenvalue weighted by molar-refractivity contribution is 6.74. The van der Waals surface area contributed by atoms with Gasteiger partial charge in [-0.15, -0.1) is 0 Å². The predicted octanol–water partition coefficient (Wildman–Crippen LogP) is 6.90. The first-order chi connectivity index (χ1) is 15.5. The van der Waals surface area contributed by atoms with Gasteiger partial charge in [0.15, 0.2) is 14.1 Å². The zero-order chi connectivity index (χ0) is 24.2. The maximum Gasteiger partial charge on any atom is 0.414 e. The van der Waals surface area contributed by atoms with E-state index in [0.717, 1.165) is 5.56 Å². The van der Waals surface area contributed by atoms with Crippen molar-refractivity contribution in [2.24, 2.45) is 0 Å². The van der Waals surface area contributed by atoms with Gasteiger partial charge in [0.1, 0.15) is 12.4 Å². The lowest BCUT2D eigenvalue weighted by Gasteiger charge is -2.39. The quantitative estimate of drug-likeness (QED) is 0.295. The van der Waals surface area contributed by atoms with Crippen molar-refractivity contribution >= 4 is 25.9 Å². The van der Waals surface area contributed by atoms with Crippen molar-refractivity contribution in [1.29, 1.82) is 0 Å². The normalized spacial score (nSPS) is 15.5. The number of ketones is 1. The molecule has 0 saturated carbocycles. The summed E-state index contributed by atoms with van der Waals surface area (Å²) < 4.78 is 25.1. The second-order valence-electron chi connectivity index (χ2n) is 10.1. The Bertz CT molecular complexity index is 985. The van der Waals surface area contributed by atoms with Crippen LogP contribution in [-0.2, 0) is 9.16 Å². The monoisotopic (exact) mass is 471 g/mol. The number of amides is 1. The number of carbonyl (C=O) groups is 2. The van der Waals surface area contributed by atoms with E-state index in [2.05, 4.69) is 33.9 Å². The Morgan fingerprint density at radius 1 is 1.18 bits per heavy atom. The van der Waals surface area contributed by atoms with E-state index in [1.165, 1.54) is 17.0 Å². The molecule has 1 aliphatic rings. The van der Waals surface area contributed by atoms with Gasteiger partial charge in [-0.3, -0.25) is 9.69 Å². The molecule has 3 rings (SSSR count). The van der Waals surface area contributed by atoms with Gasteiger partial charge < -0.3 is 9.16 Å². The fraction of sp³-hybridized carbons (Fsp3) is 0.462. The van der Waals surface area contributed by atoms with Crippen molar-refractivity contribution in [3.05, 3.63) is 65.5 Å². The molecule has 0 bridgehead atoms. The van der Waals surface area contributed by atoms with Crippen LogP contribution in [0.15, 0.2) is 48.5 Å². The van der Waals surface area contributed by atoms with E-state index in [1.807, 2.05) is 0 Å². The molecule has 1 atom stereocenters. The number of anilines is 1. The van der Waals surface area contributed by atoms with Crippen LogP contribution in [0.3, 0.4) is 0 Å². The van der Waals surface area contributed by atoms with Gasteiger partial charge in [0.25, 0.3) is 0 Å². The van der Waals surface area contributed by atoms with E-state index in [4.69, 9.17) is 9.16 Å². The lowest BCUT2D eigenvalue weighted by atomic mass is 10.00. The fourth-order valence-corrected chi connectivity index (χ4v) is 4.89. The molecular weight excluding hydrogens is 437 g/mol. The Morgan fingerprint density at radius 2 is 1.88 bits per heavy atom. The highest BCUT2D eigenvalue weighted by Gasteiger charge is 2.39. The van der Waals surface area contributed by atoms with Crippen LogP contribution in [0.1, 0.15) is 62.1 Å². The van der Waals surface area contributed by atoms with Crippen LogP contribution >= 0.6 is 0 Å². The van der Waals surface area contributed by atoms with Gasteiger partial charge in [-0.2, -0.15) is 0 Å². The number of hydrogen-bond acceptors (Lipinski definition) is 4. The standard InChI is InChI=1S/C26H34FNO4Si/c1-26(2,3)33(4,5)32-24(19-12-14-21(27)15-13-19)11-7-10-23(29)20-8-6-9-22(18-20)28-16-17-31-25(28)30/h6,8-9,12-15,18,24H,7,10-11,16-17H2,1-5H3. The summed E-state index contributed by atoms with van der Waals surface area (Å²) in [7, 11) is -2.06. The molecule has 2 aromatic rings. The highest BCUT2D eigenvalue weighted by atomic mass is 28.4. The first kappa shape index (κ1) is 25.1. The predicted molar refractivity (Wildman–Crippen MR) is 131 cm³/mol. The zero-order valence-corrected chi connectivity index (χ0v) is 21.2. The third-order valence-corrected chi connectivity index (χ3v) is 11.1. The molecule has 0 aliphatic carbocycles. The first-order valence-corrected chi connectivity index (χ1v) is 14.4. The van der Waals surface area contributed by atoms with Crippen LogP contribution < -0.4 is 4.90 Å². The summed E-state index contributed by atoms with van der Waals surface area (Å²) in [6.45, 7) is 11.8. The third kappa shape index (κ3) is 6.30. The van der Waals surface area contributed by atoms with Gasteiger partial charge >= 0.3 is 6.09 Å². The van der Waals surface area contributed by atoms with Gasteiger partial charge in [0, 0.05) is 17.7 Å². The van der Waals surface area contributed by atoms with Crippen molar-refractivity contribution in [1.82, 2.24) is 0 Å². The minimum Gasteiger partial charge on any atom is -0.447 e. The average molecular weight is 472 g/mol. The van der Waals surface area contributed by atoms with Crippen molar-refractivity contribution in [3.63, 3.8) is 0 Å². The van der Waals surface area contributed by atoms with Crippen molar-refractivity contribution < 1.29 is 23.1 Å². The van der Waals surface area contributed by atoms with Crippen LogP contribution in [0.25, 0.3) is 0 Å².